The molecule has 142 valence electrons. The van der Waals surface area contributed by atoms with Gasteiger partial charge in [-0.15, -0.1) is 0 Å². The number of hydrogen-bond acceptors (Lipinski definition) is 3. The molecule has 0 saturated carbocycles. The summed E-state index contributed by atoms with van der Waals surface area (Å²) in [5.74, 6) is 0.625. The lowest BCUT2D eigenvalue weighted by atomic mass is 10.1. The highest BCUT2D eigenvalue weighted by molar-refractivity contribution is 7.89. The molecule has 0 unspecified atom stereocenters. The number of halogens is 1. The van der Waals surface area contributed by atoms with Crippen molar-refractivity contribution < 1.29 is 8.42 Å². The van der Waals surface area contributed by atoms with Crippen LogP contribution in [-0.4, -0.2) is 57.2 Å². The topological polar surface area (TPSA) is 73.8 Å². The van der Waals surface area contributed by atoms with E-state index in [2.05, 4.69) is 15.6 Å². The number of aliphatic imine (C=N–C) groups is 1. The summed E-state index contributed by atoms with van der Waals surface area (Å²) in [4.78, 5) is 4.36. The summed E-state index contributed by atoms with van der Waals surface area (Å²) in [5.41, 5.74) is 1.07. The number of nitrogens with one attached hydrogen (secondary N) is 2. The number of sulfonamides is 1. The first kappa shape index (κ1) is 21.7. The molecular weight excluding hydrogens is 360 g/mol. The summed E-state index contributed by atoms with van der Waals surface area (Å²) in [6.07, 6.45) is 0.766. The first-order chi connectivity index (χ1) is 11.9. The number of nitrogens with zero attached hydrogens (tertiary/aromatic N) is 2. The van der Waals surface area contributed by atoms with Crippen molar-refractivity contribution >= 4 is 27.6 Å². The summed E-state index contributed by atoms with van der Waals surface area (Å²) < 4.78 is 25.8. The maximum absolute atomic E-state index is 12.2. The Hall–Kier alpha value is -1.31. The van der Waals surface area contributed by atoms with Gasteiger partial charge in [-0.25, -0.2) is 12.7 Å². The van der Waals surface area contributed by atoms with Gasteiger partial charge in [0.1, 0.15) is 0 Å². The van der Waals surface area contributed by atoms with E-state index in [1.54, 1.807) is 0 Å². The van der Waals surface area contributed by atoms with E-state index in [4.69, 9.17) is 11.6 Å². The lowest BCUT2D eigenvalue weighted by Crippen LogP contribution is -2.39. The molecule has 0 aliphatic rings. The van der Waals surface area contributed by atoms with Gasteiger partial charge in [-0.2, -0.15) is 0 Å². The molecule has 6 nitrogen and oxygen atoms in total. The Kier molecular flexibility index (Phi) is 9.85. The molecule has 0 bridgehead atoms. The number of hydrogen-bond donors (Lipinski definition) is 2. The van der Waals surface area contributed by atoms with Crippen molar-refractivity contribution in [2.24, 2.45) is 4.99 Å². The van der Waals surface area contributed by atoms with Gasteiger partial charge in [0.2, 0.25) is 10.0 Å². The highest BCUT2D eigenvalue weighted by atomic mass is 35.5. The summed E-state index contributed by atoms with van der Waals surface area (Å²) in [5, 5.41) is 7.08. The van der Waals surface area contributed by atoms with Gasteiger partial charge in [0.25, 0.3) is 0 Å². The first-order valence-electron chi connectivity index (χ1n) is 8.68. The average Bonchev–Trinajstić information content (AvgIpc) is 2.57. The fourth-order valence-electron chi connectivity index (χ4n) is 2.38. The van der Waals surface area contributed by atoms with E-state index in [1.165, 1.54) is 4.31 Å². The van der Waals surface area contributed by atoms with Gasteiger partial charge in [0, 0.05) is 31.2 Å². The molecule has 25 heavy (non-hydrogen) atoms. The van der Waals surface area contributed by atoms with Crippen molar-refractivity contribution in [3.8, 4) is 0 Å². The van der Waals surface area contributed by atoms with Crippen molar-refractivity contribution in [2.45, 2.75) is 27.2 Å². The van der Waals surface area contributed by atoms with Gasteiger partial charge in [0.15, 0.2) is 5.96 Å². The maximum atomic E-state index is 12.2. The fraction of sp³-hybridized carbons (Fsp3) is 0.588. The molecule has 2 N–H and O–H groups in total. The van der Waals surface area contributed by atoms with Crippen molar-refractivity contribution in [1.82, 2.24) is 14.9 Å². The lowest BCUT2D eigenvalue weighted by molar-refractivity contribution is 0.445. The Morgan fingerprint density at radius 3 is 2.44 bits per heavy atom. The van der Waals surface area contributed by atoms with E-state index in [9.17, 15) is 8.42 Å². The van der Waals surface area contributed by atoms with Gasteiger partial charge in [-0.05, 0) is 25.0 Å². The van der Waals surface area contributed by atoms with Crippen molar-refractivity contribution in [3.05, 3.63) is 34.9 Å². The summed E-state index contributed by atoms with van der Waals surface area (Å²) in [6.45, 7) is 8.21. The van der Waals surface area contributed by atoms with Crippen LogP contribution in [0.5, 0.6) is 0 Å². The fourth-order valence-corrected chi connectivity index (χ4v) is 3.97. The molecule has 0 aliphatic carbocycles. The van der Waals surface area contributed by atoms with Crippen LogP contribution in [0.25, 0.3) is 0 Å². The van der Waals surface area contributed by atoms with Crippen molar-refractivity contribution in [3.63, 3.8) is 0 Å². The minimum atomic E-state index is -3.25. The summed E-state index contributed by atoms with van der Waals surface area (Å²) in [7, 11) is -3.25. The molecule has 0 radical (unpaired) electrons. The molecule has 0 atom stereocenters. The van der Waals surface area contributed by atoms with E-state index in [-0.39, 0.29) is 12.3 Å². The largest absolute Gasteiger partial charge is 0.357 e. The molecule has 8 heteroatoms. The van der Waals surface area contributed by atoms with E-state index in [0.29, 0.717) is 32.1 Å². The SMILES string of the molecule is CCNC(=NCCS(=O)(=O)N(CC)CC)NCCc1ccccc1Cl. The van der Waals surface area contributed by atoms with Crippen LogP contribution in [0.1, 0.15) is 26.3 Å². The molecule has 0 amide bonds. The van der Waals surface area contributed by atoms with Crippen LogP contribution in [0, 0.1) is 0 Å². The predicted molar refractivity (Wildman–Crippen MR) is 106 cm³/mol. The van der Waals surface area contributed by atoms with Gasteiger partial charge in [-0.3, -0.25) is 4.99 Å². The normalized spacial score (nSPS) is 12.4. The second-order valence-corrected chi connectivity index (χ2v) is 7.92. The summed E-state index contributed by atoms with van der Waals surface area (Å²) >= 11 is 6.15. The van der Waals surface area contributed by atoms with Crippen LogP contribution in [-0.2, 0) is 16.4 Å². The average molecular weight is 389 g/mol. The minimum absolute atomic E-state index is 0.00969. The molecular formula is C17H29ClN4O2S. The zero-order valence-electron chi connectivity index (χ0n) is 15.3. The molecule has 0 spiro atoms. The quantitative estimate of drug-likeness (QED) is 0.475. The minimum Gasteiger partial charge on any atom is -0.357 e. The van der Waals surface area contributed by atoms with E-state index >= 15 is 0 Å². The van der Waals surface area contributed by atoms with E-state index in [1.807, 2.05) is 45.0 Å². The number of benzene rings is 1. The summed E-state index contributed by atoms with van der Waals surface area (Å²) in [6, 6.07) is 7.72. The third kappa shape index (κ3) is 7.63. The molecule has 0 fully saturated rings. The molecule has 1 aromatic carbocycles. The molecule has 1 aromatic rings. The van der Waals surface area contributed by atoms with Crippen LogP contribution in [0.3, 0.4) is 0 Å². The third-order valence-electron chi connectivity index (χ3n) is 3.71. The number of guanidine groups is 1. The highest BCUT2D eigenvalue weighted by Crippen LogP contribution is 2.14. The van der Waals surface area contributed by atoms with Gasteiger partial charge in [0.05, 0.1) is 12.3 Å². The Morgan fingerprint density at radius 1 is 1.16 bits per heavy atom. The second-order valence-electron chi connectivity index (χ2n) is 5.43. The van der Waals surface area contributed by atoms with Crippen molar-refractivity contribution in [1.29, 1.82) is 0 Å². The maximum Gasteiger partial charge on any atom is 0.215 e. The smallest absolute Gasteiger partial charge is 0.215 e. The number of rotatable bonds is 10. The molecule has 0 aromatic heterocycles. The molecule has 1 rings (SSSR count). The standard InChI is InChI=1S/C17H29ClN4O2S/c1-4-19-17(20-12-11-15-9-7-8-10-16(15)18)21-13-14-25(23,24)22(5-2)6-3/h7-10H,4-6,11-14H2,1-3H3,(H2,19,20,21). The van der Waals surface area contributed by atoms with Gasteiger partial charge in [-0.1, -0.05) is 43.6 Å². The van der Waals surface area contributed by atoms with Gasteiger partial charge >= 0.3 is 0 Å². The van der Waals surface area contributed by atoms with Crippen molar-refractivity contribution in [2.75, 3.05) is 38.5 Å². The van der Waals surface area contributed by atoms with Crippen LogP contribution in [0.2, 0.25) is 5.02 Å². The zero-order chi connectivity index (χ0) is 18.7. The Labute approximate surface area is 156 Å². The van der Waals surface area contributed by atoms with E-state index in [0.717, 1.165) is 17.0 Å². The lowest BCUT2D eigenvalue weighted by Gasteiger charge is -2.18. The van der Waals surface area contributed by atoms with Crippen LogP contribution in [0.15, 0.2) is 29.3 Å². The molecule has 0 aliphatic heterocycles. The van der Waals surface area contributed by atoms with Crippen LogP contribution in [0.4, 0.5) is 0 Å². The van der Waals surface area contributed by atoms with Crippen LogP contribution >= 0.6 is 11.6 Å². The monoisotopic (exact) mass is 388 g/mol. The Balaban J connectivity index is 2.55. The van der Waals surface area contributed by atoms with Crippen LogP contribution < -0.4 is 10.6 Å². The highest BCUT2D eigenvalue weighted by Gasteiger charge is 2.17. The zero-order valence-corrected chi connectivity index (χ0v) is 16.8. The Morgan fingerprint density at radius 2 is 1.84 bits per heavy atom. The third-order valence-corrected chi connectivity index (χ3v) is 6.08. The van der Waals surface area contributed by atoms with Gasteiger partial charge < -0.3 is 10.6 Å². The molecule has 0 heterocycles. The second kappa shape index (κ2) is 11.3. The first-order valence-corrected chi connectivity index (χ1v) is 10.7. The molecule has 0 saturated heterocycles. The Bertz CT molecular complexity index is 646. The van der Waals surface area contributed by atoms with E-state index < -0.39 is 10.0 Å². The predicted octanol–water partition coefficient (Wildman–Crippen LogP) is 2.11.